The molecule has 0 bridgehead atoms. The predicted octanol–water partition coefficient (Wildman–Crippen LogP) is 2.90. The molecule has 2 aromatic rings. The van der Waals surface area contributed by atoms with Gasteiger partial charge >= 0.3 is 5.97 Å². The Morgan fingerprint density at radius 2 is 1.90 bits per heavy atom. The fourth-order valence-corrected chi connectivity index (χ4v) is 1.86. The van der Waals surface area contributed by atoms with Crippen molar-refractivity contribution in [3.63, 3.8) is 0 Å². The molecule has 2 aromatic carbocycles. The molecule has 0 saturated carbocycles. The molecule has 0 heterocycles. The summed E-state index contributed by atoms with van der Waals surface area (Å²) in [6.07, 6.45) is -0.0673. The number of carboxylic acid groups (broad SMARTS) is 1. The van der Waals surface area contributed by atoms with E-state index in [1.165, 1.54) is 7.11 Å². The minimum absolute atomic E-state index is 0.0673. The van der Waals surface area contributed by atoms with E-state index < -0.39 is 5.97 Å². The van der Waals surface area contributed by atoms with Crippen LogP contribution in [-0.2, 0) is 17.8 Å². The molecule has 20 heavy (non-hydrogen) atoms. The van der Waals surface area contributed by atoms with Crippen LogP contribution in [0.4, 0.5) is 0 Å². The summed E-state index contributed by atoms with van der Waals surface area (Å²) in [5, 5.41) is 8.82. The number of carboxylic acids is 1. The maximum atomic E-state index is 10.7. The summed E-state index contributed by atoms with van der Waals surface area (Å²) < 4.78 is 10.9. The third-order valence-electron chi connectivity index (χ3n) is 2.85. The van der Waals surface area contributed by atoms with Gasteiger partial charge in [-0.15, -0.1) is 0 Å². The van der Waals surface area contributed by atoms with E-state index in [1.807, 2.05) is 30.3 Å². The van der Waals surface area contributed by atoms with Crippen LogP contribution in [0, 0.1) is 0 Å². The van der Waals surface area contributed by atoms with E-state index in [-0.39, 0.29) is 6.42 Å². The molecule has 0 radical (unpaired) electrons. The quantitative estimate of drug-likeness (QED) is 0.878. The number of carbonyl (C=O) groups is 1. The highest BCUT2D eigenvalue weighted by atomic mass is 16.5. The van der Waals surface area contributed by atoms with E-state index in [4.69, 9.17) is 14.6 Å². The number of methoxy groups -OCH3 is 1. The zero-order valence-corrected chi connectivity index (χ0v) is 11.2. The molecule has 0 spiro atoms. The third-order valence-corrected chi connectivity index (χ3v) is 2.85. The van der Waals surface area contributed by atoms with Crippen molar-refractivity contribution in [1.29, 1.82) is 0 Å². The minimum atomic E-state index is -0.888. The Hall–Kier alpha value is -2.49. The van der Waals surface area contributed by atoms with E-state index in [9.17, 15) is 4.79 Å². The molecule has 4 nitrogen and oxygen atoms in total. The molecule has 0 fully saturated rings. The van der Waals surface area contributed by atoms with Gasteiger partial charge in [-0.3, -0.25) is 4.79 Å². The van der Waals surface area contributed by atoms with Crippen LogP contribution in [0.15, 0.2) is 48.5 Å². The molecular formula is C16H16O4. The first-order valence-electron chi connectivity index (χ1n) is 6.24. The van der Waals surface area contributed by atoms with Gasteiger partial charge in [-0.25, -0.2) is 0 Å². The average molecular weight is 272 g/mol. The fraction of sp³-hybridized carbons (Fsp3) is 0.188. The first-order chi connectivity index (χ1) is 9.69. The number of benzene rings is 2. The van der Waals surface area contributed by atoms with E-state index in [1.54, 1.807) is 18.2 Å². The summed E-state index contributed by atoms with van der Waals surface area (Å²) in [4.78, 5) is 10.7. The second-order valence-electron chi connectivity index (χ2n) is 4.32. The zero-order valence-electron chi connectivity index (χ0n) is 11.2. The summed E-state index contributed by atoms with van der Waals surface area (Å²) in [6.45, 7) is 0.461. The fourth-order valence-electron chi connectivity index (χ4n) is 1.86. The van der Waals surface area contributed by atoms with E-state index >= 15 is 0 Å². The second-order valence-corrected chi connectivity index (χ2v) is 4.32. The molecule has 0 aliphatic rings. The molecule has 0 amide bonds. The molecule has 1 N–H and O–H groups in total. The summed E-state index contributed by atoms with van der Waals surface area (Å²) >= 11 is 0. The highest BCUT2D eigenvalue weighted by Crippen LogP contribution is 2.25. The number of aliphatic carboxylic acids is 1. The highest BCUT2D eigenvalue weighted by molar-refractivity contribution is 5.71. The lowest BCUT2D eigenvalue weighted by molar-refractivity contribution is -0.136. The predicted molar refractivity (Wildman–Crippen MR) is 75.1 cm³/mol. The molecule has 4 heteroatoms. The van der Waals surface area contributed by atoms with Crippen LogP contribution in [0.1, 0.15) is 11.1 Å². The van der Waals surface area contributed by atoms with Crippen molar-refractivity contribution in [3.8, 4) is 11.5 Å². The lowest BCUT2D eigenvalue weighted by atomic mass is 10.1. The Kier molecular flexibility index (Phi) is 4.60. The number of rotatable bonds is 6. The zero-order chi connectivity index (χ0) is 14.4. The average Bonchev–Trinajstić information content (AvgIpc) is 2.46. The van der Waals surface area contributed by atoms with Crippen molar-refractivity contribution in [2.75, 3.05) is 7.11 Å². The Labute approximate surface area is 117 Å². The molecule has 2 rings (SSSR count). The largest absolute Gasteiger partial charge is 0.496 e. The third kappa shape index (κ3) is 3.75. The summed E-state index contributed by atoms with van der Waals surface area (Å²) in [6, 6.07) is 15.0. The summed E-state index contributed by atoms with van der Waals surface area (Å²) in [5.41, 5.74) is 1.70. The maximum Gasteiger partial charge on any atom is 0.307 e. The van der Waals surface area contributed by atoms with E-state index in [0.717, 1.165) is 5.56 Å². The van der Waals surface area contributed by atoms with Gasteiger partial charge in [0, 0.05) is 11.6 Å². The summed E-state index contributed by atoms with van der Waals surface area (Å²) in [7, 11) is 1.52. The van der Waals surface area contributed by atoms with Gasteiger partial charge in [0.05, 0.1) is 13.5 Å². The van der Waals surface area contributed by atoms with Gasteiger partial charge in [-0.1, -0.05) is 36.4 Å². The van der Waals surface area contributed by atoms with Gasteiger partial charge in [0.2, 0.25) is 0 Å². The SMILES string of the molecule is COc1cc(OCc2ccccc2)ccc1CC(=O)O. The minimum Gasteiger partial charge on any atom is -0.496 e. The lowest BCUT2D eigenvalue weighted by Crippen LogP contribution is -2.03. The van der Waals surface area contributed by atoms with Crippen LogP contribution in [0.2, 0.25) is 0 Å². The molecule has 104 valence electrons. The number of hydrogen-bond acceptors (Lipinski definition) is 3. The van der Waals surface area contributed by atoms with Gasteiger partial charge in [0.15, 0.2) is 0 Å². The number of ether oxygens (including phenoxy) is 2. The topological polar surface area (TPSA) is 55.8 Å². The second kappa shape index (κ2) is 6.61. The Bertz CT molecular complexity index is 578. The molecule has 0 aliphatic heterocycles. The van der Waals surface area contributed by atoms with Crippen LogP contribution in [0.5, 0.6) is 11.5 Å². The normalized spacial score (nSPS) is 10.1. The Morgan fingerprint density at radius 1 is 1.15 bits per heavy atom. The van der Waals surface area contributed by atoms with E-state index in [2.05, 4.69) is 0 Å². The number of hydrogen-bond donors (Lipinski definition) is 1. The Morgan fingerprint density at radius 3 is 2.55 bits per heavy atom. The molecule has 0 saturated heterocycles. The first-order valence-corrected chi connectivity index (χ1v) is 6.24. The summed E-state index contributed by atoms with van der Waals surface area (Å²) in [5.74, 6) is 0.291. The molecule has 0 unspecified atom stereocenters. The van der Waals surface area contributed by atoms with E-state index in [0.29, 0.717) is 23.7 Å². The van der Waals surface area contributed by atoms with Gasteiger partial charge in [-0.2, -0.15) is 0 Å². The van der Waals surface area contributed by atoms with Gasteiger partial charge < -0.3 is 14.6 Å². The molecule has 0 aromatic heterocycles. The van der Waals surface area contributed by atoms with Crippen LogP contribution in [-0.4, -0.2) is 18.2 Å². The standard InChI is InChI=1S/C16H16O4/c1-19-15-10-14(8-7-13(15)9-16(17)18)20-11-12-5-3-2-4-6-12/h2-8,10H,9,11H2,1H3,(H,17,18). The Balaban J connectivity index is 2.07. The molecule has 0 aliphatic carbocycles. The van der Waals surface area contributed by atoms with Gasteiger partial charge in [0.25, 0.3) is 0 Å². The van der Waals surface area contributed by atoms with Crippen molar-refractivity contribution in [3.05, 3.63) is 59.7 Å². The van der Waals surface area contributed by atoms with Gasteiger partial charge in [-0.05, 0) is 11.6 Å². The van der Waals surface area contributed by atoms with Crippen molar-refractivity contribution in [2.45, 2.75) is 13.0 Å². The van der Waals surface area contributed by atoms with Crippen molar-refractivity contribution in [1.82, 2.24) is 0 Å². The monoisotopic (exact) mass is 272 g/mol. The first kappa shape index (κ1) is 13.9. The smallest absolute Gasteiger partial charge is 0.307 e. The van der Waals surface area contributed by atoms with Crippen molar-refractivity contribution in [2.24, 2.45) is 0 Å². The van der Waals surface area contributed by atoms with Crippen LogP contribution < -0.4 is 9.47 Å². The molecule has 0 atom stereocenters. The maximum absolute atomic E-state index is 10.7. The van der Waals surface area contributed by atoms with Gasteiger partial charge in [0.1, 0.15) is 18.1 Å². The lowest BCUT2D eigenvalue weighted by Gasteiger charge is -2.11. The van der Waals surface area contributed by atoms with Crippen LogP contribution in [0.3, 0.4) is 0 Å². The van der Waals surface area contributed by atoms with Crippen molar-refractivity contribution < 1.29 is 19.4 Å². The molecular weight excluding hydrogens is 256 g/mol. The highest BCUT2D eigenvalue weighted by Gasteiger charge is 2.09. The van der Waals surface area contributed by atoms with Crippen LogP contribution >= 0.6 is 0 Å². The van der Waals surface area contributed by atoms with Crippen LogP contribution in [0.25, 0.3) is 0 Å². The van der Waals surface area contributed by atoms with Crippen molar-refractivity contribution >= 4 is 5.97 Å².